The molecular formula is C46H58N6O11. The number of aliphatic hydroxyl groups is 3. The van der Waals surface area contributed by atoms with Crippen LogP contribution in [0.1, 0.15) is 47.1 Å². The quantitative estimate of drug-likeness (QED) is 0.0534. The number of unbranched alkanes of at least 4 members (excludes halogenated alkanes) is 1. The zero-order valence-electron chi connectivity index (χ0n) is 35.5. The number of rotatable bonds is 20. The van der Waals surface area contributed by atoms with Crippen LogP contribution in [-0.4, -0.2) is 118 Å². The molecule has 1 fully saturated rings. The summed E-state index contributed by atoms with van der Waals surface area (Å²) in [7, 11) is 1.21. The molecule has 5 rings (SSSR count). The lowest BCUT2D eigenvalue weighted by Crippen LogP contribution is -2.61. The van der Waals surface area contributed by atoms with E-state index in [2.05, 4.69) is 21.3 Å². The predicted octanol–water partition coefficient (Wildman–Crippen LogP) is 0.198. The van der Waals surface area contributed by atoms with Crippen LogP contribution in [0.5, 0.6) is 5.75 Å². The Hall–Kier alpha value is -5.95. The van der Waals surface area contributed by atoms with Gasteiger partial charge < -0.3 is 62.6 Å². The zero-order valence-corrected chi connectivity index (χ0v) is 35.5. The molecule has 17 nitrogen and oxygen atoms in total. The predicted molar refractivity (Wildman–Crippen MR) is 233 cm³/mol. The van der Waals surface area contributed by atoms with Gasteiger partial charge in [-0.15, -0.1) is 0 Å². The van der Waals surface area contributed by atoms with Crippen LogP contribution in [0.3, 0.4) is 0 Å². The number of fused-ring (bicyclic) bond motifs is 1. The van der Waals surface area contributed by atoms with Crippen LogP contribution in [-0.2, 0) is 52.7 Å². The summed E-state index contributed by atoms with van der Waals surface area (Å²) in [6, 6.07) is 20.6. The van der Waals surface area contributed by atoms with Crippen molar-refractivity contribution in [3.05, 3.63) is 113 Å². The number of phenols is 1. The van der Waals surface area contributed by atoms with Crippen LogP contribution in [0.25, 0.3) is 10.8 Å². The van der Waals surface area contributed by atoms with Gasteiger partial charge in [-0.3, -0.25) is 24.0 Å². The standard InChI is InChI=1S/C46H58N6O11/c1-25-20-30(53)21-26(2)32(25)24-33(47)42(58)50-34(18-9-10-19-49-45(61)40-38(55)37(54)39(56)46(62-3)63-40)43(59)52-36(23-29-16-11-15-28-14-7-8-17-31(28)29)44(60)51-35(41(48)57)22-27-12-5-4-6-13-27/h4-8,11-17,20-21,33-40,46,53-56H,9-10,18-19,22-24,47H2,1-3H3,(H2,48,57)(H,49,61)(H,50,58)(H,51,60)(H,52,59)/t33-,34+,35-,36-,37-,38-,39+,40-,46+/m0/s1. The summed E-state index contributed by atoms with van der Waals surface area (Å²) in [5, 5.41) is 53.3. The number of aromatic hydroxyl groups is 1. The Morgan fingerprint density at radius 3 is 2.03 bits per heavy atom. The molecule has 0 bridgehead atoms. The van der Waals surface area contributed by atoms with Gasteiger partial charge in [0, 0.05) is 26.5 Å². The van der Waals surface area contributed by atoms with Crippen molar-refractivity contribution in [3.63, 3.8) is 0 Å². The van der Waals surface area contributed by atoms with E-state index >= 15 is 0 Å². The Kier molecular flexibility index (Phi) is 17.1. The first-order valence-corrected chi connectivity index (χ1v) is 20.8. The molecule has 63 heavy (non-hydrogen) atoms. The minimum Gasteiger partial charge on any atom is -0.508 e. The Morgan fingerprint density at radius 1 is 0.730 bits per heavy atom. The third-order valence-electron chi connectivity index (χ3n) is 11.2. The lowest BCUT2D eigenvalue weighted by molar-refractivity contribution is -0.283. The maximum Gasteiger partial charge on any atom is 0.252 e. The third kappa shape index (κ3) is 12.8. The molecule has 0 saturated carbocycles. The van der Waals surface area contributed by atoms with Gasteiger partial charge in [-0.05, 0) is 90.3 Å². The highest BCUT2D eigenvalue weighted by molar-refractivity contribution is 5.95. The first-order valence-electron chi connectivity index (χ1n) is 20.8. The summed E-state index contributed by atoms with van der Waals surface area (Å²) in [5.41, 5.74) is 15.9. The lowest BCUT2D eigenvalue weighted by atomic mass is 9.95. The number of aryl methyl sites for hydroxylation is 2. The molecule has 1 heterocycles. The van der Waals surface area contributed by atoms with Crippen molar-refractivity contribution in [2.45, 2.75) is 107 Å². The normalized spacial score (nSPS) is 20.5. The van der Waals surface area contributed by atoms with E-state index in [0.29, 0.717) is 0 Å². The van der Waals surface area contributed by atoms with Crippen LogP contribution < -0.4 is 32.7 Å². The fourth-order valence-corrected chi connectivity index (χ4v) is 7.71. The molecule has 4 aromatic carbocycles. The first-order chi connectivity index (χ1) is 30.1. The number of carbonyl (C=O) groups is 5. The molecule has 4 aromatic rings. The summed E-state index contributed by atoms with van der Waals surface area (Å²) < 4.78 is 10.3. The number of amides is 5. The van der Waals surface area contributed by atoms with E-state index in [1.165, 1.54) is 7.11 Å². The van der Waals surface area contributed by atoms with E-state index in [9.17, 15) is 44.4 Å². The molecule has 0 spiro atoms. The van der Waals surface area contributed by atoms with Gasteiger partial charge in [0.05, 0.1) is 6.04 Å². The average molecular weight is 871 g/mol. The number of benzene rings is 4. The molecule has 5 amide bonds. The number of aliphatic hydroxyl groups excluding tert-OH is 3. The average Bonchev–Trinajstić information content (AvgIpc) is 3.26. The number of methoxy groups -OCH3 is 1. The van der Waals surface area contributed by atoms with Gasteiger partial charge in [0.15, 0.2) is 12.4 Å². The van der Waals surface area contributed by atoms with Crippen molar-refractivity contribution in [1.29, 1.82) is 0 Å². The Bertz CT molecular complexity index is 2200. The summed E-state index contributed by atoms with van der Waals surface area (Å²) in [4.78, 5) is 67.9. The fourth-order valence-electron chi connectivity index (χ4n) is 7.71. The number of hydrogen-bond acceptors (Lipinski definition) is 12. The molecule has 0 unspecified atom stereocenters. The number of nitrogens with one attached hydrogen (secondary N) is 4. The van der Waals surface area contributed by atoms with E-state index in [0.717, 1.165) is 38.6 Å². The van der Waals surface area contributed by atoms with E-state index in [-0.39, 0.29) is 50.8 Å². The van der Waals surface area contributed by atoms with Crippen molar-refractivity contribution in [2.75, 3.05) is 13.7 Å². The van der Waals surface area contributed by atoms with E-state index in [1.807, 2.05) is 48.5 Å². The van der Waals surface area contributed by atoms with Gasteiger partial charge >= 0.3 is 0 Å². The second-order valence-electron chi connectivity index (χ2n) is 15.9. The number of ether oxygens (including phenoxy) is 2. The number of phenolic OH excluding ortho intramolecular Hbond substituents is 1. The molecule has 1 aliphatic heterocycles. The molecule has 12 N–H and O–H groups in total. The molecular weight excluding hydrogens is 813 g/mol. The maximum atomic E-state index is 14.4. The van der Waals surface area contributed by atoms with E-state index in [1.54, 1.807) is 50.2 Å². The fraction of sp³-hybridized carbons (Fsp3) is 0.413. The number of hydrogen-bond donors (Lipinski definition) is 10. The summed E-state index contributed by atoms with van der Waals surface area (Å²) >= 11 is 0. The number of primary amides is 1. The van der Waals surface area contributed by atoms with Crippen molar-refractivity contribution < 1.29 is 53.9 Å². The highest BCUT2D eigenvalue weighted by Crippen LogP contribution is 2.24. The van der Waals surface area contributed by atoms with Crippen molar-refractivity contribution >= 4 is 40.3 Å². The highest BCUT2D eigenvalue weighted by atomic mass is 16.7. The van der Waals surface area contributed by atoms with Gasteiger partial charge in [0.1, 0.15) is 42.2 Å². The van der Waals surface area contributed by atoms with Crippen LogP contribution in [0, 0.1) is 13.8 Å². The second-order valence-corrected chi connectivity index (χ2v) is 15.9. The molecule has 338 valence electrons. The minimum absolute atomic E-state index is 0.00606. The molecule has 1 saturated heterocycles. The van der Waals surface area contributed by atoms with Crippen molar-refractivity contribution in [2.24, 2.45) is 11.5 Å². The number of nitrogens with two attached hydrogens (primary N) is 2. The van der Waals surface area contributed by atoms with Crippen LogP contribution in [0.2, 0.25) is 0 Å². The summed E-state index contributed by atoms with van der Waals surface area (Å²) in [5.74, 6) is -3.52. The monoisotopic (exact) mass is 870 g/mol. The van der Waals surface area contributed by atoms with Crippen molar-refractivity contribution in [1.82, 2.24) is 21.3 Å². The summed E-state index contributed by atoms with van der Waals surface area (Å²) in [6.07, 6.45) is -7.16. The molecule has 17 heteroatoms. The molecule has 9 atom stereocenters. The van der Waals surface area contributed by atoms with Gasteiger partial charge in [0.2, 0.25) is 23.6 Å². The molecule has 1 aliphatic rings. The minimum atomic E-state index is -1.73. The highest BCUT2D eigenvalue weighted by Gasteiger charge is 2.47. The van der Waals surface area contributed by atoms with Gasteiger partial charge in [-0.1, -0.05) is 72.8 Å². The smallest absolute Gasteiger partial charge is 0.252 e. The van der Waals surface area contributed by atoms with Gasteiger partial charge in [-0.25, -0.2) is 0 Å². The third-order valence-corrected chi connectivity index (χ3v) is 11.2. The van der Waals surface area contributed by atoms with Crippen molar-refractivity contribution in [3.8, 4) is 5.75 Å². The maximum absolute atomic E-state index is 14.4. The van der Waals surface area contributed by atoms with Crippen LogP contribution in [0.15, 0.2) is 84.9 Å². The molecule has 0 aliphatic carbocycles. The largest absolute Gasteiger partial charge is 0.508 e. The molecule has 0 radical (unpaired) electrons. The van der Waals surface area contributed by atoms with Crippen LogP contribution >= 0.6 is 0 Å². The topological polar surface area (TPSA) is 285 Å². The number of carbonyl (C=O) groups excluding carboxylic acids is 5. The molecule has 0 aromatic heterocycles. The zero-order chi connectivity index (χ0) is 45.8. The first kappa shape index (κ1) is 48.1. The Morgan fingerprint density at radius 2 is 1.35 bits per heavy atom. The van der Waals surface area contributed by atoms with E-state index in [4.69, 9.17) is 20.9 Å². The van der Waals surface area contributed by atoms with E-state index < -0.39 is 84.4 Å². The van der Waals surface area contributed by atoms with Crippen LogP contribution in [0.4, 0.5) is 0 Å². The lowest BCUT2D eigenvalue weighted by Gasteiger charge is -2.38. The second kappa shape index (κ2) is 22.4. The van der Waals surface area contributed by atoms with Gasteiger partial charge in [0.25, 0.3) is 5.91 Å². The Balaban J connectivity index is 1.35. The van der Waals surface area contributed by atoms with Gasteiger partial charge in [-0.2, -0.15) is 0 Å². The SMILES string of the molecule is CO[C@@H]1O[C@H](C(=O)NCCCC[C@@H](NC(=O)[C@@H](N)Cc2c(C)cc(O)cc2C)C(=O)N[C@@H](Cc2cccc3ccccc23)C(=O)N[C@@H](Cc2ccccc2)C(N)=O)[C@@H](O)[C@H](O)[C@H]1O. The summed E-state index contributed by atoms with van der Waals surface area (Å²) in [6.45, 7) is 3.60. The Labute approximate surface area is 365 Å².